The van der Waals surface area contributed by atoms with Gasteiger partial charge in [0.05, 0.1) is 18.1 Å². The maximum absolute atomic E-state index is 12.3. The molecule has 2 aromatic carbocycles. The van der Waals surface area contributed by atoms with Gasteiger partial charge in [0, 0.05) is 23.5 Å². The number of fused-ring (bicyclic) bond motifs is 1. The van der Waals surface area contributed by atoms with Crippen LogP contribution in [0.2, 0.25) is 0 Å². The molecule has 0 saturated carbocycles. The number of likely N-dealkylation sites (N-methyl/N-ethyl adjacent to an activating group) is 1. The van der Waals surface area contributed by atoms with Gasteiger partial charge >= 0.3 is 0 Å². The number of hydrogen-bond donors (Lipinski definition) is 1. The van der Waals surface area contributed by atoms with E-state index in [9.17, 15) is 9.59 Å². The molecule has 1 aliphatic heterocycles. The van der Waals surface area contributed by atoms with Crippen LogP contribution in [0.3, 0.4) is 0 Å². The lowest BCUT2D eigenvalue weighted by Gasteiger charge is -2.15. The van der Waals surface area contributed by atoms with Crippen LogP contribution in [0.4, 0.5) is 11.4 Å². The van der Waals surface area contributed by atoms with Crippen molar-refractivity contribution in [1.82, 2.24) is 0 Å². The summed E-state index contributed by atoms with van der Waals surface area (Å²) in [5, 5.41) is 11.7. The summed E-state index contributed by atoms with van der Waals surface area (Å²) in [5.41, 5.74) is 3.33. The average molecular weight is 305 g/mol. The number of hydrogen-bond acceptors (Lipinski definition) is 3. The molecule has 5 heteroatoms. The van der Waals surface area contributed by atoms with Crippen LogP contribution in [-0.2, 0) is 11.2 Å². The van der Waals surface area contributed by atoms with Gasteiger partial charge in [0.25, 0.3) is 5.91 Å². The normalized spacial score (nSPS) is 12.7. The second-order valence-electron chi connectivity index (χ2n) is 5.30. The SMILES string of the molecule is CCN1C(=O)Cc2cc(NC(=O)c3cccc(C#N)c3)ccc21. The van der Waals surface area contributed by atoms with Gasteiger partial charge in [-0.1, -0.05) is 6.07 Å². The minimum atomic E-state index is -0.279. The number of benzene rings is 2. The Morgan fingerprint density at radius 1 is 1.30 bits per heavy atom. The van der Waals surface area contributed by atoms with Crippen molar-refractivity contribution in [3.05, 3.63) is 59.2 Å². The fourth-order valence-corrected chi connectivity index (χ4v) is 2.74. The quantitative estimate of drug-likeness (QED) is 0.947. The maximum atomic E-state index is 12.3. The van der Waals surface area contributed by atoms with E-state index in [1.165, 1.54) is 0 Å². The van der Waals surface area contributed by atoms with Crippen molar-refractivity contribution < 1.29 is 9.59 Å². The van der Waals surface area contributed by atoms with Crippen molar-refractivity contribution in [3.63, 3.8) is 0 Å². The Morgan fingerprint density at radius 3 is 2.87 bits per heavy atom. The van der Waals surface area contributed by atoms with Gasteiger partial charge in [-0.2, -0.15) is 5.26 Å². The van der Waals surface area contributed by atoms with Gasteiger partial charge in [0.15, 0.2) is 0 Å². The maximum Gasteiger partial charge on any atom is 0.255 e. The number of carbonyl (C=O) groups excluding carboxylic acids is 2. The highest BCUT2D eigenvalue weighted by atomic mass is 16.2. The van der Waals surface area contributed by atoms with Gasteiger partial charge in [0.2, 0.25) is 5.91 Å². The molecule has 0 fully saturated rings. The molecule has 0 radical (unpaired) electrons. The molecule has 0 bridgehead atoms. The molecular formula is C18H15N3O2. The number of amides is 2. The van der Waals surface area contributed by atoms with E-state index >= 15 is 0 Å². The number of nitriles is 1. The van der Waals surface area contributed by atoms with Crippen LogP contribution in [-0.4, -0.2) is 18.4 Å². The molecule has 1 heterocycles. The molecule has 1 aliphatic rings. The number of rotatable bonds is 3. The van der Waals surface area contributed by atoms with E-state index in [0.717, 1.165) is 11.3 Å². The molecule has 0 spiro atoms. The topological polar surface area (TPSA) is 73.2 Å². The molecule has 0 aliphatic carbocycles. The van der Waals surface area contributed by atoms with Crippen molar-refractivity contribution in [2.75, 3.05) is 16.8 Å². The van der Waals surface area contributed by atoms with Gasteiger partial charge < -0.3 is 10.2 Å². The molecule has 2 amide bonds. The Bertz CT molecular complexity index is 836. The lowest BCUT2D eigenvalue weighted by atomic mass is 10.1. The summed E-state index contributed by atoms with van der Waals surface area (Å²) < 4.78 is 0. The highest BCUT2D eigenvalue weighted by Gasteiger charge is 2.26. The minimum Gasteiger partial charge on any atom is -0.322 e. The van der Waals surface area contributed by atoms with E-state index in [0.29, 0.717) is 29.8 Å². The molecule has 2 aromatic rings. The fraction of sp³-hybridized carbons (Fsp3) is 0.167. The first-order chi connectivity index (χ1) is 11.1. The lowest BCUT2D eigenvalue weighted by molar-refractivity contribution is -0.117. The molecule has 114 valence electrons. The number of anilines is 2. The number of nitrogens with zero attached hydrogens (tertiary/aromatic N) is 2. The predicted molar refractivity (Wildman–Crippen MR) is 87.3 cm³/mol. The molecule has 23 heavy (non-hydrogen) atoms. The summed E-state index contributed by atoms with van der Waals surface area (Å²) >= 11 is 0. The summed E-state index contributed by atoms with van der Waals surface area (Å²) in [5.74, 6) is -0.202. The molecule has 0 saturated heterocycles. The third kappa shape index (κ3) is 2.79. The van der Waals surface area contributed by atoms with Crippen molar-refractivity contribution in [3.8, 4) is 6.07 Å². The van der Waals surface area contributed by atoms with Gasteiger partial charge in [-0.3, -0.25) is 9.59 Å². The zero-order valence-corrected chi connectivity index (χ0v) is 12.7. The van der Waals surface area contributed by atoms with Crippen molar-refractivity contribution in [2.24, 2.45) is 0 Å². The summed E-state index contributed by atoms with van der Waals surface area (Å²) in [7, 11) is 0. The van der Waals surface area contributed by atoms with Gasteiger partial charge in [0.1, 0.15) is 0 Å². The van der Waals surface area contributed by atoms with Crippen LogP contribution in [0.25, 0.3) is 0 Å². The molecular weight excluding hydrogens is 290 g/mol. The standard InChI is InChI=1S/C18H15N3O2/c1-2-21-16-7-6-15(9-14(16)10-17(21)22)20-18(23)13-5-3-4-12(8-13)11-19/h3-9H,2,10H2,1H3,(H,20,23). The van der Waals surface area contributed by atoms with E-state index in [1.807, 2.05) is 25.1 Å². The van der Waals surface area contributed by atoms with Gasteiger partial charge in [-0.15, -0.1) is 0 Å². The van der Waals surface area contributed by atoms with Crippen molar-refractivity contribution in [2.45, 2.75) is 13.3 Å². The first-order valence-corrected chi connectivity index (χ1v) is 7.37. The largest absolute Gasteiger partial charge is 0.322 e. The fourth-order valence-electron chi connectivity index (χ4n) is 2.74. The minimum absolute atomic E-state index is 0.0766. The molecule has 1 N–H and O–H groups in total. The van der Waals surface area contributed by atoms with Crippen LogP contribution < -0.4 is 10.2 Å². The van der Waals surface area contributed by atoms with E-state index in [-0.39, 0.29) is 11.8 Å². The van der Waals surface area contributed by atoms with E-state index in [1.54, 1.807) is 35.2 Å². The van der Waals surface area contributed by atoms with E-state index < -0.39 is 0 Å². The first-order valence-electron chi connectivity index (χ1n) is 7.37. The van der Waals surface area contributed by atoms with Crippen LogP contribution in [0.5, 0.6) is 0 Å². The monoisotopic (exact) mass is 305 g/mol. The van der Waals surface area contributed by atoms with Crippen molar-refractivity contribution in [1.29, 1.82) is 5.26 Å². The van der Waals surface area contributed by atoms with Crippen LogP contribution >= 0.6 is 0 Å². The summed E-state index contributed by atoms with van der Waals surface area (Å²) in [4.78, 5) is 25.9. The smallest absolute Gasteiger partial charge is 0.255 e. The van der Waals surface area contributed by atoms with E-state index in [2.05, 4.69) is 5.32 Å². The molecule has 0 aromatic heterocycles. The Labute approximate surface area is 134 Å². The summed E-state index contributed by atoms with van der Waals surface area (Å²) in [6.07, 6.45) is 0.358. The van der Waals surface area contributed by atoms with E-state index in [4.69, 9.17) is 5.26 Å². The Balaban J connectivity index is 1.82. The summed E-state index contributed by atoms with van der Waals surface area (Å²) in [6.45, 7) is 2.57. The average Bonchev–Trinajstić information content (AvgIpc) is 2.89. The second-order valence-corrected chi connectivity index (χ2v) is 5.30. The van der Waals surface area contributed by atoms with Gasteiger partial charge in [-0.25, -0.2) is 0 Å². The molecule has 0 unspecified atom stereocenters. The third-order valence-electron chi connectivity index (χ3n) is 3.84. The molecule has 0 atom stereocenters. The zero-order chi connectivity index (χ0) is 16.4. The summed E-state index contributed by atoms with van der Waals surface area (Å²) in [6, 6.07) is 14.0. The Kier molecular flexibility index (Phi) is 3.82. The molecule has 5 nitrogen and oxygen atoms in total. The lowest BCUT2D eigenvalue weighted by Crippen LogP contribution is -2.25. The Morgan fingerprint density at radius 2 is 2.13 bits per heavy atom. The first kappa shape index (κ1) is 14.8. The second kappa shape index (κ2) is 5.93. The van der Waals surface area contributed by atoms with Crippen LogP contribution in [0.15, 0.2) is 42.5 Å². The highest BCUT2D eigenvalue weighted by Crippen LogP contribution is 2.31. The number of carbonyl (C=O) groups is 2. The van der Waals surface area contributed by atoms with Crippen LogP contribution in [0, 0.1) is 11.3 Å². The Hall–Kier alpha value is -3.13. The highest BCUT2D eigenvalue weighted by molar-refractivity contribution is 6.06. The predicted octanol–water partition coefficient (Wildman–Crippen LogP) is 2.72. The number of nitrogens with one attached hydrogen (secondary N) is 1. The molecule has 3 rings (SSSR count). The third-order valence-corrected chi connectivity index (χ3v) is 3.84. The van der Waals surface area contributed by atoms with Gasteiger partial charge in [-0.05, 0) is 48.9 Å². The van der Waals surface area contributed by atoms with Crippen LogP contribution in [0.1, 0.15) is 28.4 Å². The zero-order valence-electron chi connectivity index (χ0n) is 12.7. The van der Waals surface area contributed by atoms with Crippen molar-refractivity contribution >= 4 is 23.2 Å².